The number of ether oxygens (including phenoxy) is 1. The third-order valence-electron chi connectivity index (χ3n) is 3.79. The van der Waals surface area contributed by atoms with E-state index in [0.717, 1.165) is 30.7 Å². The molecule has 0 saturated heterocycles. The number of hydrogen-bond donors (Lipinski definition) is 1. The second-order valence-electron chi connectivity index (χ2n) is 5.19. The second-order valence-corrected chi connectivity index (χ2v) is 5.19. The van der Waals surface area contributed by atoms with Gasteiger partial charge >= 0.3 is 5.97 Å². The molecule has 3 rings (SSSR count). The van der Waals surface area contributed by atoms with Gasteiger partial charge in [-0.2, -0.15) is 0 Å². The maximum Gasteiger partial charge on any atom is 0.338 e. The molecule has 1 aromatic heterocycles. The minimum Gasteiger partial charge on any atom is -0.469 e. The molecule has 110 valence electrons. The summed E-state index contributed by atoms with van der Waals surface area (Å²) in [6.45, 7) is 2.20. The van der Waals surface area contributed by atoms with Gasteiger partial charge in [0.2, 0.25) is 0 Å². The van der Waals surface area contributed by atoms with Crippen LogP contribution in [0.5, 0.6) is 0 Å². The fourth-order valence-corrected chi connectivity index (χ4v) is 2.75. The van der Waals surface area contributed by atoms with Crippen LogP contribution in [0.2, 0.25) is 0 Å². The fraction of sp³-hybridized carbons (Fsp3) is 0.353. The van der Waals surface area contributed by atoms with Gasteiger partial charge in [0.25, 0.3) is 0 Å². The number of aryl methyl sites for hydroxylation is 1. The number of carbonyl (C=O) groups is 1. The number of hydrogen-bond acceptors (Lipinski definition) is 4. The summed E-state index contributed by atoms with van der Waals surface area (Å²) in [4.78, 5) is 11.6. The summed E-state index contributed by atoms with van der Waals surface area (Å²) >= 11 is 0. The topological polar surface area (TPSA) is 51.5 Å². The van der Waals surface area contributed by atoms with Crippen LogP contribution in [0.3, 0.4) is 0 Å². The molecule has 1 heterocycles. The van der Waals surface area contributed by atoms with E-state index in [-0.39, 0.29) is 12.0 Å². The predicted octanol–water partition coefficient (Wildman–Crippen LogP) is 3.95. The molecule has 0 spiro atoms. The van der Waals surface area contributed by atoms with Gasteiger partial charge in [-0.25, -0.2) is 4.79 Å². The normalized spacial score (nSPS) is 17.1. The Hall–Kier alpha value is -2.23. The molecule has 1 aromatic carbocycles. The van der Waals surface area contributed by atoms with Crippen molar-refractivity contribution in [1.29, 1.82) is 0 Å². The van der Waals surface area contributed by atoms with Crippen molar-refractivity contribution < 1.29 is 13.9 Å². The van der Waals surface area contributed by atoms with E-state index in [1.54, 1.807) is 25.3 Å². The molecule has 1 aliphatic rings. The van der Waals surface area contributed by atoms with Crippen molar-refractivity contribution in [3.8, 4) is 0 Å². The van der Waals surface area contributed by atoms with E-state index in [0.29, 0.717) is 12.2 Å². The van der Waals surface area contributed by atoms with Crippen molar-refractivity contribution in [3.05, 3.63) is 53.5 Å². The average molecular weight is 285 g/mol. The van der Waals surface area contributed by atoms with E-state index in [4.69, 9.17) is 9.15 Å². The van der Waals surface area contributed by atoms with Gasteiger partial charge in [-0.05, 0) is 50.1 Å². The number of esters is 1. The number of benzene rings is 1. The van der Waals surface area contributed by atoms with E-state index in [2.05, 4.69) is 5.32 Å². The van der Waals surface area contributed by atoms with Crippen LogP contribution in [-0.2, 0) is 11.2 Å². The lowest BCUT2D eigenvalue weighted by Crippen LogP contribution is -2.16. The lowest BCUT2D eigenvalue weighted by Gasteiger charge is -2.23. The SMILES string of the molecule is CCOC(=O)c1ccc(NC2CCCc3occc32)cc1. The van der Waals surface area contributed by atoms with E-state index >= 15 is 0 Å². The third kappa shape index (κ3) is 2.94. The monoisotopic (exact) mass is 285 g/mol. The number of rotatable bonds is 4. The van der Waals surface area contributed by atoms with Crippen LogP contribution in [0.15, 0.2) is 41.0 Å². The Labute approximate surface area is 124 Å². The van der Waals surface area contributed by atoms with Crippen LogP contribution in [0.4, 0.5) is 5.69 Å². The lowest BCUT2D eigenvalue weighted by molar-refractivity contribution is 0.0526. The highest BCUT2D eigenvalue weighted by molar-refractivity contribution is 5.89. The fourth-order valence-electron chi connectivity index (χ4n) is 2.75. The molecular formula is C17H19NO3. The zero-order valence-electron chi connectivity index (χ0n) is 12.1. The Bertz CT molecular complexity index is 615. The van der Waals surface area contributed by atoms with Gasteiger partial charge in [0, 0.05) is 17.7 Å². The molecule has 0 radical (unpaired) electrons. The molecule has 0 amide bonds. The van der Waals surface area contributed by atoms with Gasteiger partial charge in [-0.15, -0.1) is 0 Å². The first-order valence-electron chi connectivity index (χ1n) is 7.38. The summed E-state index contributed by atoms with van der Waals surface area (Å²) < 4.78 is 10.5. The Morgan fingerprint density at radius 3 is 2.90 bits per heavy atom. The first-order valence-corrected chi connectivity index (χ1v) is 7.38. The highest BCUT2D eigenvalue weighted by atomic mass is 16.5. The summed E-state index contributed by atoms with van der Waals surface area (Å²) in [5.74, 6) is 0.806. The maximum atomic E-state index is 11.6. The number of nitrogens with one attached hydrogen (secondary N) is 1. The second kappa shape index (κ2) is 6.04. The van der Waals surface area contributed by atoms with Crippen LogP contribution in [0.25, 0.3) is 0 Å². The molecule has 1 aliphatic carbocycles. The molecular weight excluding hydrogens is 266 g/mol. The largest absolute Gasteiger partial charge is 0.469 e. The highest BCUT2D eigenvalue weighted by Crippen LogP contribution is 2.33. The number of carbonyl (C=O) groups excluding carboxylic acids is 1. The van der Waals surface area contributed by atoms with Crippen molar-refractivity contribution in [2.45, 2.75) is 32.2 Å². The molecule has 1 atom stereocenters. The molecule has 0 aliphatic heterocycles. The summed E-state index contributed by atoms with van der Waals surface area (Å²) in [5, 5.41) is 3.51. The quantitative estimate of drug-likeness (QED) is 0.864. The van der Waals surface area contributed by atoms with Crippen LogP contribution >= 0.6 is 0 Å². The molecule has 4 nitrogen and oxygen atoms in total. The van der Waals surface area contributed by atoms with Gasteiger partial charge in [-0.3, -0.25) is 0 Å². The Morgan fingerprint density at radius 2 is 2.14 bits per heavy atom. The van der Waals surface area contributed by atoms with Crippen LogP contribution in [-0.4, -0.2) is 12.6 Å². The van der Waals surface area contributed by atoms with Crippen molar-refractivity contribution in [3.63, 3.8) is 0 Å². The first-order chi connectivity index (χ1) is 10.3. The summed E-state index contributed by atoms with van der Waals surface area (Å²) in [6.07, 6.45) is 4.99. The zero-order chi connectivity index (χ0) is 14.7. The van der Waals surface area contributed by atoms with Gasteiger partial charge in [0.15, 0.2) is 0 Å². The number of anilines is 1. The Balaban J connectivity index is 1.71. The maximum absolute atomic E-state index is 11.6. The lowest BCUT2D eigenvalue weighted by atomic mass is 9.93. The van der Waals surface area contributed by atoms with Crippen LogP contribution in [0.1, 0.15) is 47.5 Å². The average Bonchev–Trinajstić information content (AvgIpc) is 2.98. The van der Waals surface area contributed by atoms with Crippen LogP contribution < -0.4 is 5.32 Å². The van der Waals surface area contributed by atoms with Crippen LogP contribution in [0, 0.1) is 0 Å². The van der Waals surface area contributed by atoms with Crippen molar-refractivity contribution in [1.82, 2.24) is 0 Å². The Morgan fingerprint density at radius 1 is 1.33 bits per heavy atom. The smallest absolute Gasteiger partial charge is 0.338 e. The Kier molecular flexibility index (Phi) is 3.95. The van der Waals surface area contributed by atoms with E-state index in [9.17, 15) is 4.79 Å². The van der Waals surface area contributed by atoms with E-state index in [1.165, 1.54) is 5.56 Å². The molecule has 0 saturated carbocycles. The van der Waals surface area contributed by atoms with Gasteiger partial charge < -0.3 is 14.5 Å². The number of fused-ring (bicyclic) bond motifs is 1. The molecule has 1 unspecified atom stereocenters. The summed E-state index contributed by atoms with van der Waals surface area (Å²) in [7, 11) is 0. The molecule has 21 heavy (non-hydrogen) atoms. The number of furan rings is 1. The van der Waals surface area contributed by atoms with Gasteiger partial charge in [-0.1, -0.05) is 0 Å². The van der Waals surface area contributed by atoms with Crippen molar-refractivity contribution in [2.75, 3.05) is 11.9 Å². The van der Waals surface area contributed by atoms with E-state index < -0.39 is 0 Å². The van der Waals surface area contributed by atoms with Gasteiger partial charge in [0.1, 0.15) is 5.76 Å². The zero-order valence-corrected chi connectivity index (χ0v) is 12.1. The molecule has 4 heteroatoms. The molecule has 1 N–H and O–H groups in total. The van der Waals surface area contributed by atoms with Gasteiger partial charge in [0.05, 0.1) is 24.5 Å². The van der Waals surface area contributed by atoms with Crippen molar-refractivity contribution in [2.24, 2.45) is 0 Å². The van der Waals surface area contributed by atoms with E-state index in [1.807, 2.05) is 18.2 Å². The molecule has 0 fully saturated rings. The molecule has 0 bridgehead atoms. The third-order valence-corrected chi connectivity index (χ3v) is 3.79. The standard InChI is InChI=1S/C17H19NO3/c1-2-20-17(19)12-6-8-13(9-7-12)18-15-4-3-5-16-14(15)10-11-21-16/h6-11,15,18H,2-5H2,1H3. The minimum absolute atomic E-state index is 0.279. The first kappa shape index (κ1) is 13.7. The predicted molar refractivity (Wildman–Crippen MR) is 80.4 cm³/mol. The minimum atomic E-state index is -0.279. The molecule has 2 aromatic rings. The summed E-state index contributed by atoms with van der Waals surface area (Å²) in [5.41, 5.74) is 2.83. The van der Waals surface area contributed by atoms with Crippen molar-refractivity contribution >= 4 is 11.7 Å². The summed E-state index contributed by atoms with van der Waals surface area (Å²) in [6, 6.07) is 9.74. The highest BCUT2D eigenvalue weighted by Gasteiger charge is 2.22.